The molecule has 1 heterocycles. The zero-order valence-electron chi connectivity index (χ0n) is 8.69. The highest BCUT2D eigenvalue weighted by molar-refractivity contribution is 7.89. The van der Waals surface area contributed by atoms with E-state index in [4.69, 9.17) is 5.73 Å². The predicted octanol–water partition coefficient (Wildman–Crippen LogP) is 1.19. The zero-order chi connectivity index (χ0) is 11.8. The van der Waals surface area contributed by atoms with E-state index in [0.29, 0.717) is 13.1 Å². The maximum atomic E-state index is 13.5. The highest BCUT2D eigenvalue weighted by atomic mass is 32.2. The number of rotatable bonds is 2. The van der Waals surface area contributed by atoms with Crippen LogP contribution in [0.25, 0.3) is 0 Å². The van der Waals surface area contributed by atoms with Gasteiger partial charge in [0.2, 0.25) is 10.0 Å². The lowest BCUT2D eigenvalue weighted by atomic mass is 10.3. The number of halogens is 1. The van der Waals surface area contributed by atoms with Crippen molar-refractivity contribution in [2.75, 3.05) is 18.8 Å². The molecule has 4 nitrogen and oxygen atoms in total. The summed E-state index contributed by atoms with van der Waals surface area (Å²) in [4.78, 5) is -0.288. The summed E-state index contributed by atoms with van der Waals surface area (Å²) in [5, 5.41) is 0. The Bertz CT molecular complexity index is 496. The molecular formula is C10H13FN2O2S. The van der Waals surface area contributed by atoms with Crippen LogP contribution in [0.1, 0.15) is 12.8 Å². The molecule has 0 radical (unpaired) electrons. The van der Waals surface area contributed by atoms with Crippen LogP contribution >= 0.6 is 0 Å². The molecule has 1 aliphatic rings. The Kier molecular flexibility index (Phi) is 2.86. The number of sulfonamides is 1. The predicted molar refractivity (Wildman–Crippen MR) is 58.8 cm³/mol. The van der Waals surface area contributed by atoms with E-state index in [-0.39, 0.29) is 10.6 Å². The van der Waals surface area contributed by atoms with Gasteiger partial charge in [0, 0.05) is 18.8 Å². The van der Waals surface area contributed by atoms with Gasteiger partial charge in [-0.2, -0.15) is 4.31 Å². The Balaban J connectivity index is 2.42. The molecule has 2 N–H and O–H groups in total. The highest BCUT2D eigenvalue weighted by Gasteiger charge is 2.29. The number of nitrogens with zero attached hydrogens (tertiary/aromatic N) is 1. The van der Waals surface area contributed by atoms with Gasteiger partial charge in [-0.1, -0.05) is 0 Å². The molecule has 0 aromatic heterocycles. The molecule has 6 heteroatoms. The van der Waals surface area contributed by atoms with Crippen LogP contribution in [0.5, 0.6) is 0 Å². The van der Waals surface area contributed by atoms with Gasteiger partial charge in [-0.15, -0.1) is 0 Å². The summed E-state index contributed by atoms with van der Waals surface area (Å²) in [6, 6.07) is 3.65. The van der Waals surface area contributed by atoms with E-state index >= 15 is 0 Å². The van der Waals surface area contributed by atoms with Crippen LogP contribution in [0.15, 0.2) is 23.1 Å². The lowest BCUT2D eigenvalue weighted by Crippen LogP contribution is -2.28. The molecular weight excluding hydrogens is 231 g/mol. The molecule has 88 valence electrons. The topological polar surface area (TPSA) is 63.4 Å². The third kappa shape index (κ3) is 1.90. The summed E-state index contributed by atoms with van der Waals surface area (Å²) >= 11 is 0. The molecule has 16 heavy (non-hydrogen) atoms. The molecule has 2 rings (SSSR count). The molecule has 1 aromatic carbocycles. The zero-order valence-corrected chi connectivity index (χ0v) is 9.50. The minimum atomic E-state index is -3.68. The molecule has 1 saturated heterocycles. The van der Waals surface area contributed by atoms with Crippen molar-refractivity contribution < 1.29 is 12.8 Å². The number of nitrogens with two attached hydrogens (primary N) is 1. The fourth-order valence-corrected chi connectivity index (χ4v) is 3.36. The maximum absolute atomic E-state index is 13.5. The normalized spacial score (nSPS) is 17.8. The van der Waals surface area contributed by atoms with Crippen molar-refractivity contribution in [2.24, 2.45) is 0 Å². The summed E-state index contributed by atoms with van der Waals surface area (Å²) in [5.41, 5.74) is 5.60. The molecule has 0 unspecified atom stereocenters. The largest absolute Gasteiger partial charge is 0.399 e. The summed E-state index contributed by atoms with van der Waals surface area (Å²) < 4.78 is 38.8. The van der Waals surface area contributed by atoms with Crippen molar-refractivity contribution in [2.45, 2.75) is 17.7 Å². The van der Waals surface area contributed by atoms with Gasteiger partial charge in [0.1, 0.15) is 10.7 Å². The van der Waals surface area contributed by atoms with Crippen molar-refractivity contribution in [1.82, 2.24) is 4.31 Å². The Hall–Kier alpha value is -1.14. The standard InChI is InChI=1S/C10H13FN2O2S/c11-9-7-8(12)3-4-10(9)16(14,15)13-5-1-2-6-13/h3-4,7H,1-2,5-6,12H2. The minimum absolute atomic E-state index is 0.220. The first kappa shape index (κ1) is 11.3. The lowest BCUT2D eigenvalue weighted by molar-refractivity contribution is 0.470. The molecule has 0 saturated carbocycles. The summed E-state index contributed by atoms with van der Waals surface area (Å²) in [5.74, 6) is -0.785. The number of nitrogen functional groups attached to an aromatic ring is 1. The van der Waals surface area contributed by atoms with Crippen molar-refractivity contribution in [1.29, 1.82) is 0 Å². The van der Waals surface area contributed by atoms with Gasteiger partial charge in [-0.05, 0) is 31.0 Å². The second kappa shape index (κ2) is 4.03. The fourth-order valence-electron chi connectivity index (χ4n) is 1.79. The van der Waals surface area contributed by atoms with Crippen molar-refractivity contribution in [3.05, 3.63) is 24.0 Å². The fraction of sp³-hybridized carbons (Fsp3) is 0.400. The average Bonchev–Trinajstić information content (AvgIpc) is 2.69. The van der Waals surface area contributed by atoms with E-state index in [1.54, 1.807) is 0 Å². The van der Waals surface area contributed by atoms with Crippen molar-refractivity contribution >= 4 is 15.7 Å². The van der Waals surface area contributed by atoms with Crippen LogP contribution in [-0.4, -0.2) is 25.8 Å². The van der Waals surface area contributed by atoms with Gasteiger partial charge in [-0.25, -0.2) is 12.8 Å². The Morgan fingerprint density at radius 2 is 1.88 bits per heavy atom. The first-order valence-corrected chi connectivity index (χ1v) is 6.51. The van der Waals surface area contributed by atoms with E-state index in [1.165, 1.54) is 16.4 Å². The summed E-state index contributed by atoms with van der Waals surface area (Å²) in [6.45, 7) is 0.929. The molecule has 1 fully saturated rings. The quantitative estimate of drug-likeness (QED) is 0.795. The molecule has 0 amide bonds. The number of benzene rings is 1. The van der Waals surface area contributed by atoms with E-state index in [9.17, 15) is 12.8 Å². The van der Waals surface area contributed by atoms with Crippen LogP contribution in [0, 0.1) is 5.82 Å². The minimum Gasteiger partial charge on any atom is -0.399 e. The smallest absolute Gasteiger partial charge is 0.245 e. The van der Waals surface area contributed by atoms with Crippen molar-refractivity contribution in [3.63, 3.8) is 0 Å². The van der Waals surface area contributed by atoms with Gasteiger partial charge in [-0.3, -0.25) is 0 Å². The Labute approximate surface area is 93.9 Å². The Morgan fingerprint density at radius 3 is 2.44 bits per heavy atom. The van der Waals surface area contributed by atoms with E-state index in [2.05, 4.69) is 0 Å². The first-order chi connectivity index (χ1) is 7.51. The van der Waals surface area contributed by atoms with Crippen molar-refractivity contribution in [3.8, 4) is 0 Å². The molecule has 0 atom stereocenters. The van der Waals surface area contributed by atoms with Crippen LogP contribution in [-0.2, 0) is 10.0 Å². The summed E-state index contributed by atoms with van der Waals surface area (Å²) in [7, 11) is -3.68. The first-order valence-electron chi connectivity index (χ1n) is 5.07. The summed E-state index contributed by atoms with van der Waals surface area (Å²) in [6.07, 6.45) is 1.66. The van der Waals surface area contributed by atoms with Gasteiger partial charge in [0.05, 0.1) is 0 Å². The molecule has 1 aromatic rings. The average molecular weight is 244 g/mol. The Morgan fingerprint density at radius 1 is 1.25 bits per heavy atom. The second-order valence-corrected chi connectivity index (χ2v) is 5.71. The van der Waals surface area contributed by atoms with Gasteiger partial charge >= 0.3 is 0 Å². The van der Waals surface area contributed by atoms with E-state index in [0.717, 1.165) is 18.9 Å². The second-order valence-electron chi connectivity index (χ2n) is 3.80. The molecule has 0 spiro atoms. The third-order valence-electron chi connectivity index (χ3n) is 2.64. The maximum Gasteiger partial charge on any atom is 0.245 e. The van der Waals surface area contributed by atoms with Gasteiger partial charge < -0.3 is 5.73 Å². The van der Waals surface area contributed by atoms with Gasteiger partial charge in [0.15, 0.2) is 0 Å². The molecule has 1 aliphatic heterocycles. The van der Waals surface area contributed by atoms with Crippen LogP contribution in [0.4, 0.5) is 10.1 Å². The lowest BCUT2D eigenvalue weighted by Gasteiger charge is -2.15. The van der Waals surface area contributed by atoms with Crippen LogP contribution in [0.3, 0.4) is 0 Å². The van der Waals surface area contributed by atoms with Crippen LogP contribution in [0.2, 0.25) is 0 Å². The number of anilines is 1. The monoisotopic (exact) mass is 244 g/mol. The SMILES string of the molecule is Nc1ccc(S(=O)(=O)N2CCCC2)c(F)c1. The number of hydrogen-bond donors (Lipinski definition) is 1. The van der Waals surface area contributed by atoms with Crippen LogP contribution < -0.4 is 5.73 Å². The number of hydrogen-bond acceptors (Lipinski definition) is 3. The van der Waals surface area contributed by atoms with E-state index < -0.39 is 15.8 Å². The molecule has 0 aliphatic carbocycles. The molecule has 0 bridgehead atoms. The highest BCUT2D eigenvalue weighted by Crippen LogP contribution is 2.24. The third-order valence-corrected chi connectivity index (χ3v) is 4.57. The van der Waals surface area contributed by atoms with E-state index in [1.807, 2.05) is 0 Å². The van der Waals surface area contributed by atoms with Gasteiger partial charge in [0.25, 0.3) is 0 Å².